The Morgan fingerprint density at radius 2 is 1.62 bits per heavy atom. The number of carboxylic acid groups (broad SMARTS) is 1. The highest BCUT2D eigenvalue weighted by molar-refractivity contribution is 7.92. The van der Waals surface area contributed by atoms with Gasteiger partial charge in [-0.15, -0.1) is 22.9 Å². The Bertz CT molecular complexity index is 1760. The van der Waals surface area contributed by atoms with E-state index in [-0.39, 0.29) is 34.3 Å². The maximum Gasteiger partial charge on any atom is 0.352 e. The van der Waals surface area contributed by atoms with E-state index >= 15 is 0 Å². The molecule has 0 bridgehead atoms. The molecule has 0 saturated carbocycles. The molecule has 11 nitrogen and oxygen atoms in total. The van der Waals surface area contributed by atoms with Crippen LogP contribution in [0.1, 0.15) is 22.4 Å². The number of carbonyl (C=O) groups excluding carboxylic acids is 2. The van der Waals surface area contributed by atoms with Gasteiger partial charge in [-0.05, 0) is 27.9 Å². The second-order valence-electron chi connectivity index (χ2n) is 10.6. The summed E-state index contributed by atoms with van der Waals surface area (Å²) >= 11 is 5.43. The normalized spacial score (nSPS) is 19.5. The average molecular weight is 690 g/mol. The van der Waals surface area contributed by atoms with E-state index in [2.05, 4.69) is 15.8 Å². The number of hydrogen-bond donors (Lipinski definition) is 3. The quantitative estimate of drug-likeness (QED) is 0.0535. The summed E-state index contributed by atoms with van der Waals surface area (Å²) in [5, 5.41) is 20.9. The average Bonchev–Trinajstić information content (AvgIpc) is 3.56. The van der Waals surface area contributed by atoms with Crippen LogP contribution in [0.2, 0.25) is 0 Å². The number of halogens is 1. The Morgan fingerprint density at radius 1 is 1.06 bits per heavy atom. The lowest BCUT2D eigenvalue weighted by molar-refractivity contribution is -0.150. The molecule has 4 aromatic rings. The molecule has 1 aromatic heterocycles. The summed E-state index contributed by atoms with van der Waals surface area (Å²) in [7, 11) is 1.27. The zero-order chi connectivity index (χ0) is 33.1. The number of oxime groups is 1. The number of thiazole rings is 1. The number of amides is 2. The summed E-state index contributed by atoms with van der Waals surface area (Å²) in [6.45, 7) is 0. The third kappa shape index (κ3) is 5.87. The number of rotatable bonds is 11. The molecule has 2 unspecified atom stereocenters. The van der Waals surface area contributed by atoms with Gasteiger partial charge in [0.05, 0.1) is 5.88 Å². The highest BCUT2D eigenvalue weighted by Gasteiger charge is 2.61. The van der Waals surface area contributed by atoms with Crippen LogP contribution in [-0.4, -0.2) is 73.2 Å². The minimum Gasteiger partial charge on any atom is -0.614 e. The van der Waals surface area contributed by atoms with Gasteiger partial charge in [-0.3, -0.25) is 14.5 Å². The largest absolute Gasteiger partial charge is 0.614 e. The van der Waals surface area contributed by atoms with E-state index in [0.29, 0.717) is 5.13 Å². The first-order valence-corrected chi connectivity index (χ1v) is 17.1. The fourth-order valence-corrected chi connectivity index (χ4v) is 8.61. The van der Waals surface area contributed by atoms with E-state index in [0.717, 1.165) is 21.6 Å². The van der Waals surface area contributed by atoms with Crippen molar-refractivity contribution in [2.24, 2.45) is 5.16 Å². The topological polar surface area (TPSA) is 156 Å². The minimum atomic E-state index is -1.70. The lowest BCUT2D eigenvalue weighted by Gasteiger charge is -2.48. The van der Waals surface area contributed by atoms with Gasteiger partial charge in [0.2, 0.25) is 5.37 Å². The molecule has 0 radical (unpaired) electrons. The van der Waals surface area contributed by atoms with Crippen molar-refractivity contribution in [1.29, 1.82) is 0 Å². The van der Waals surface area contributed by atoms with Gasteiger partial charge in [0.15, 0.2) is 16.9 Å². The van der Waals surface area contributed by atoms with E-state index in [1.54, 1.807) is 5.38 Å². The fourth-order valence-electron chi connectivity index (χ4n) is 5.84. The molecular formula is C33H28ClN5O6S2. The van der Waals surface area contributed by atoms with Crippen molar-refractivity contribution in [3.63, 3.8) is 0 Å². The molecule has 2 amide bonds. The molecule has 6 rings (SSSR count). The third-order valence-corrected chi connectivity index (χ3v) is 10.6. The Hall–Kier alpha value is -4.69. The lowest BCUT2D eigenvalue weighted by Crippen LogP contribution is -2.75. The molecule has 3 aromatic carbocycles. The first kappa shape index (κ1) is 32.3. The van der Waals surface area contributed by atoms with Crippen LogP contribution < -0.4 is 10.6 Å². The number of aromatic nitrogens is 1. The lowest BCUT2D eigenvalue weighted by atomic mass is 9.77. The third-order valence-electron chi connectivity index (χ3n) is 7.91. The van der Waals surface area contributed by atoms with E-state index in [4.69, 9.17) is 21.4 Å². The second kappa shape index (κ2) is 13.6. The van der Waals surface area contributed by atoms with Crippen LogP contribution >= 0.6 is 22.9 Å². The molecule has 3 atom stereocenters. The predicted octanol–water partition coefficient (Wildman–Crippen LogP) is 3.89. The van der Waals surface area contributed by atoms with Gasteiger partial charge in [-0.25, -0.2) is 9.78 Å². The van der Waals surface area contributed by atoms with E-state index < -0.39 is 45.9 Å². The van der Waals surface area contributed by atoms with E-state index in [1.807, 2.05) is 91.0 Å². The molecule has 47 heavy (non-hydrogen) atoms. The highest BCUT2D eigenvalue weighted by Crippen LogP contribution is 2.41. The maximum absolute atomic E-state index is 13.6. The number of alkyl halides is 1. The van der Waals surface area contributed by atoms with E-state index in [9.17, 15) is 24.0 Å². The summed E-state index contributed by atoms with van der Waals surface area (Å²) in [5.74, 6) is -3.19. The summed E-state index contributed by atoms with van der Waals surface area (Å²) < 4.78 is 13.0. The number of hydrogen-bond acceptors (Lipinski definition) is 9. The van der Waals surface area contributed by atoms with Gasteiger partial charge in [-0.2, -0.15) is 0 Å². The molecular weight excluding hydrogens is 662 g/mol. The molecule has 2 aliphatic rings. The molecule has 240 valence electrons. The number of nitrogens with one attached hydrogen (secondary N) is 2. The number of carbonyl (C=O) groups is 3. The maximum atomic E-state index is 13.6. The first-order chi connectivity index (χ1) is 22.8. The number of aliphatic carboxylic acids is 1. The zero-order valence-electron chi connectivity index (χ0n) is 24.8. The fraction of sp³-hybridized carbons (Fsp3) is 0.182. The molecule has 3 N–H and O–H groups in total. The molecule has 14 heteroatoms. The van der Waals surface area contributed by atoms with Crippen LogP contribution in [0.5, 0.6) is 0 Å². The Morgan fingerprint density at radius 3 is 2.11 bits per heavy atom. The molecule has 2 aliphatic heterocycles. The van der Waals surface area contributed by atoms with Gasteiger partial charge < -0.3 is 25.1 Å². The highest BCUT2D eigenvalue weighted by atomic mass is 35.5. The van der Waals surface area contributed by atoms with E-state index in [1.165, 1.54) is 18.4 Å². The van der Waals surface area contributed by atoms with Crippen molar-refractivity contribution in [2.75, 3.05) is 24.1 Å². The SMILES string of the molecule is CO/N=C(\C(=O)NC1C(=O)N2C(C(=O)O)=C(CCl)C[S+]([O-])[C@@H]12)c1csc(NC(c2ccccc2)(c2ccccc2)c2ccccc2)n1. The molecule has 1 fully saturated rings. The Balaban J connectivity index is 1.31. The van der Waals surface area contributed by atoms with Crippen molar-refractivity contribution in [1.82, 2.24) is 15.2 Å². The summed E-state index contributed by atoms with van der Waals surface area (Å²) in [6, 6.07) is 28.6. The predicted molar refractivity (Wildman–Crippen MR) is 179 cm³/mol. The number of β-lactam (4-membered cyclic amide) rings is 1. The first-order valence-electron chi connectivity index (χ1n) is 14.3. The second-order valence-corrected chi connectivity index (χ2v) is 13.3. The van der Waals surface area contributed by atoms with Gasteiger partial charge in [-0.1, -0.05) is 96.2 Å². The summed E-state index contributed by atoms with van der Waals surface area (Å²) in [6.07, 6.45) is 0. The standard InChI is InChI=1S/C33H28ClN5O6S2/c1-45-38-25(28(40)36-26-29(41)39-27(31(42)43)20(17-34)19-47(44)30(26)39)24-18-46-32(35-24)37-33(21-11-5-2-6-12-21,22-13-7-3-8-14-22)23-15-9-4-10-16-23/h2-16,18,26,30H,17,19H2,1H3,(H,35,37)(H,36,40)(H,42,43)/b38-25-/t26?,30-,47?/m0/s1. The van der Waals surface area contributed by atoms with Crippen LogP contribution in [0, 0.1) is 0 Å². The van der Waals surface area contributed by atoms with Crippen LogP contribution in [0.25, 0.3) is 0 Å². The van der Waals surface area contributed by atoms with Crippen molar-refractivity contribution in [3.8, 4) is 0 Å². The van der Waals surface area contributed by atoms with Crippen LogP contribution in [-0.2, 0) is 35.9 Å². The minimum absolute atomic E-state index is 0.127. The van der Waals surface area contributed by atoms with Gasteiger partial charge in [0.25, 0.3) is 11.8 Å². The molecule has 3 heterocycles. The van der Waals surface area contributed by atoms with Crippen molar-refractivity contribution < 1.29 is 28.9 Å². The zero-order valence-corrected chi connectivity index (χ0v) is 27.2. The van der Waals surface area contributed by atoms with Crippen molar-refractivity contribution in [3.05, 3.63) is 130 Å². The smallest absolute Gasteiger partial charge is 0.352 e. The number of anilines is 1. The van der Waals surface area contributed by atoms with Crippen molar-refractivity contribution in [2.45, 2.75) is 17.0 Å². The van der Waals surface area contributed by atoms with Crippen molar-refractivity contribution >= 4 is 62.7 Å². The van der Waals surface area contributed by atoms with Crippen LogP contribution in [0.15, 0.2) is 113 Å². The number of fused-ring (bicyclic) bond motifs is 1. The van der Waals surface area contributed by atoms with Gasteiger partial charge >= 0.3 is 5.97 Å². The van der Waals surface area contributed by atoms with Crippen LogP contribution in [0.4, 0.5) is 5.13 Å². The number of nitrogens with zero attached hydrogens (tertiary/aromatic N) is 3. The Labute approximate surface area is 282 Å². The number of carboxylic acids is 1. The Kier molecular flexibility index (Phi) is 9.32. The van der Waals surface area contributed by atoms with Gasteiger partial charge in [0, 0.05) is 11.0 Å². The monoisotopic (exact) mass is 689 g/mol. The number of benzene rings is 3. The van der Waals surface area contributed by atoms with Crippen LogP contribution in [0.3, 0.4) is 0 Å². The summed E-state index contributed by atoms with van der Waals surface area (Å²) in [5.41, 5.74) is 1.83. The van der Waals surface area contributed by atoms with Gasteiger partial charge in [0.1, 0.15) is 29.8 Å². The molecule has 0 spiro atoms. The molecule has 1 saturated heterocycles. The molecule has 0 aliphatic carbocycles. The summed E-state index contributed by atoms with van der Waals surface area (Å²) in [4.78, 5) is 49.2.